The number of ether oxygens (including phenoxy) is 1. The van der Waals surface area contributed by atoms with E-state index in [1.165, 1.54) is 19.3 Å². The van der Waals surface area contributed by atoms with E-state index in [2.05, 4.69) is 44.8 Å². The number of rotatable bonds is 8. The zero-order valence-electron chi connectivity index (χ0n) is 14.4. The van der Waals surface area contributed by atoms with Crippen LogP contribution in [0, 0.1) is 11.3 Å². The summed E-state index contributed by atoms with van der Waals surface area (Å²) in [4.78, 5) is 2.55. The van der Waals surface area contributed by atoms with Gasteiger partial charge in [-0.2, -0.15) is 0 Å². The first-order valence-corrected chi connectivity index (χ1v) is 8.41. The van der Waals surface area contributed by atoms with E-state index in [-0.39, 0.29) is 0 Å². The summed E-state index contributed by atoms with van der Waals surface area (Å²) in [7, 11) is 0. The predicted octanol–water partition coefficient (Wildman–Crippen LogP) is 3.15. The Hall–Kier alpha value is -0.120. The molecule has 0 radical (unpaired) electrons. The minimum atomic E-state index is 0.453. The molecule has 0 saturated carbocycles. The van der Waals surface area contributed by atoms with Crippen LogP contribution in [-0.2, 0) is 4.74 Å². The van der Waals surface area contributed by atoms with Gasteiger partial charge in [0.25, 0.3) is 0 Å². The van der Waals surface area contributed by atoms with E-state index in [9.17, 15) is 0 Å². The lowest BCUT2D eigenvalue weighted by atomic mass is 9.89. The molecule has 1 atom stereocenters. The molecular weight excluding hydrogens is 248 g/mol. The molecule has 0 bridgehead atoms. The van der Waals surface area contributed by atoms with Gasteiger partial charge in [-0.05, 0) is 30.7 Å². The molecule has 1 aliphatic heterocycles. The Kier molecular flexibility index (Phi) is 8.08. The maximum Gasteiger partial charge on any atom is 0.0702 e. The summed E-state index contributed by atoms with van der Waals surface area (Å²) in [6.07, 6.45) is 4.25. The second-order valence-corrected chi connectivity index (χ2v) is 7.84. The van der Waals surface area contributed by atoms with Crippen molar-refractivity contribution < 1.29 is 4.74 Å². The van der Waals surface area contributed by atoms with Crippen molar-refractivity contribution in [2.75, 3.05) is 39.3 Å². The van der Waals surface area contributed by atoms with Crippen LogP contribution in [-0.4, -0.2) is 50.3 Å². The molecule has 0 aromatic carbocycles. The van der Waals surface area contributed by atoms with Gasteiger partial charge in [0.1, 0.15) is 0 Å². The highest BCUT2D eigenvalue weighted by Crippen LogP contribution is 2.23. The molecule has 1 saturated heterocycles. The van der Waals surface area contributed by atoms with Crippen molar-refractivity contribution in [3.8, 4) is 0 Å². The number of hydrogen-bond donors (Lipinski definition) is 1. The van der Waals surface area contributed by atoms with E-state index in [1.54, 1.807) is 0 Å². The van der Waals surface area contributed by atoms with E-state index in [0.29, 0.717) is 11.5 Å². The molecular formula is C17H36N2O. The molecule has 0 aliphatic carbocycles. The third-order valence-corrected chi connectivity index (χ3v) is 3.83. The van der Waals surface area contributed by atoms with Crippen LogP contribution < -0.4 is 5.32 Å². The van der Waals surface area contributed by atoms with Gasteiger partial charge >= 0.3 is 0 Å². The van der Waals surface area contributed by atoms with Crippen molar-refractivity contribution in [3.63, 3.8) is 0 Å². The van der Waals surface area contributed by atoms with E-state index >= 15 is 0 Å². The zero-order valence-corrected chi connectivity index (χ0v) is 14.4. The fourth-order valence-electron chi connectivity index (χ4n) is 2.65. The van der Waals surface area contributed by atoms with Gasteiger partial charge in [0.05, 0.1) is 12.7 Å². The highest BCUT2D eigenvalue weighted by Gasteiger charge is 2.20. The van der Waals surface area contributed by atoms with Gasteiger partial charge in [-0.3, -0.25) is 4.90 Å². The Morgan fingerprint density at radius 2 is 2.05 bits per heavy atom. The Labute approximate surface area is 126 Å². The van der Waals surface area contributed by atoms with Gasteiger partial charge in [0.15, 0.2) is 0 Å². The molecule has 0 aromatic rings. The first kappa shape index (κ1) is 17.9. The topological polar surface area (TPSA) is 24.5 Å². The largest absolute Gasteiger partial charge is 0.376 e. The number of nitrogens with zero attached hydrogens (tertiary/aromatic N) is 1. The quantitative estimate of drug-likeness (QED) is 0.693. The van der Waals surface area contributed by atoms with E-state index < -0.39 is 0 Å². The minimum Gasteiger partial charge on any atom is -0.376 e. The molecule has 3 nitrogen and oxygen atoms in total. The van der Waals surface area contributed by atoms with Gasteiger partial charge in [0.2, 0.25) is 0 Å². The Bertz CT molecular complexity index is 248. The van der Waals surface area contributed by atoms with Crippen LogP contribution in [0.3, 0.4) is 0 Å². The SMILES string of the molecule is CC(C)CNCCN1CCO[C@@H](CCCC(C)(C)C)C1. The van der Waals surface area contributed by atoms with Crippen LogP contribution in [0.4, 0.5) is 0 Å². The Morgan fingerprint density at radius 3 is 2.70 bits per heavy atom. The average Bonchev–Trinajstić information content (AvgIpc) is 2.33. The van der Waals surface area contributed by atoms with Crippen molar-refractivity contribution in [1.82, 2.24) is 10.2 Å². The third-order valence-electron chi connectivity index (χ3n) is 3.83. The second kappa shape index (κ2) is 9.01. The standard InChI is InChI=1S/C17H36N2O/c1-15(2)13-18-9-10-19-11-12-20-16(14-19)7-6-8-17(3,4)5/h15-16,18H,6-14H2,1-5H3/t16-/m0/s1. The number of nitrogens with one attached hydrogen (secondary N) is 1. The molecule has 0 amide bonds. The molecule has 1 N–H and O–H groups in total. The van der Waals surface area contributed by atoms with Crippen LogP contribution in [0.2, 0.25) is 0 Å². The van der Waals surface area contributed by atoms with Crippen LogP contribution >= 0.6 is 0 Å². The maximum absolute atomic E-state index is 5.91. The molecule has 20 heavy (non-hydrogen) atoms. The highest BCUT2D eigenvalue weighted by molar-refractivity contribution is 4.73. The summed E-state index contributed by atoms with van der Waals surface area (Å²) >= 11 is 0. The lowest BCUT2D eigenvalue weighted by Gasteiger charge is -2.33. The lowest BCUT2D eigenvalue weighted by Crippen LogP contribution is -2.45. The molecule has 3 heteroatoms. The zero-order chi connectivity index (χ0) is 15.0. The van der Waals surface area contributed by atoms with Crippen LogP contribution in [0.15, 0.2) is 0 Å². The molecule has 120 valence electrons. The van der Waals surface area contributed by atoms with Crippen molar-refractivity contribution in [2.45, 2.75) is 60.0 Å². The smallest absolute Gasteiger partial charge is 0.0702 e. The van der Waals surface area contributed by atoms with Crippen LogP contribution in [0.25, 0.3) is 0 Å². The molecule has 0 spiro atoms. The minimum absolute atomic E-state index is 0.453. The summed E-state index contributed by atoms with van der Waals surface area (Å²) < 4.78 is 5.91. The first-order chi connectivity index (χ1) is 9.37. The summed E-state index contributed by atoms with van der Waals surface area (Å²) in [6, 6.07) is 0. The van der Waals surface area contributed by atoms with Crippen LogP contribution in [0.1, 0.15) is 53.9 Å². The van der Waals surface area contributed by atoms with Crippen molar-refractivity contribution >= 4 is 0 Å². The molecule has 0 unspecified atom stereocenters. The molecule has 1 heterocycles. The Morgan fingerprint density at radius 1 is 1.30 bits per heavy atom. The molecule has 1 rings (SSSR count). The molecule has 1 fully saturated rings. The number of morpholine rings is 1. The lowest BCUT2D eigenvalue weighted by molar-refractivity contribution is -0.0332. The monoisotopic (exact) mass is 284 g/mol. The summed E-state index contributed by atoms with van der Waals surface area (Å²) in [5.74, 6) is 0.741. The third kappa shape index (κ3) is 8.93. The first-order valence-electron chi connectivity index (χ1n) is 8.41. The van der Waals surface area contributed by atoms with Gasteiger partial charge in [-0.25, -0.2) is 0 Å². The average molecular weight is 284 g/mol. The number of hydrogen-bond acceptors (Lipinski definition) is 3. The maximum atomic E-state index is 5.91. The normalized spacial score (nSPS) is 21.6. The summed E-state index contributed by atoms with van der Waals surface area (Å²) in [5, 5.41) is 3.53. The van der Waals surface area contributed by atoms with Gasteiger partial charge in [0, 0.05) is 26.2 Å². The summed E-state index contributed by atoms with van der Waals surface area (Å²) in [6.45, 7) is 18.0. The predicted molar refractivity (Wildman–Crippen MR) is 87.2 cm³/mol. The van der Waals surface area contributed by atoms with Crippen molar-refractivity contribution in [1.29, 1.82) is 0 Å². The molecule has 0 aromatic heterocycles. The van der Waals surface area contributed by atoms with E-state index in [0.717, 1.165) is 45.2 Å². The van der Waals surface area contributed by atoms with Crippen LogP contribution in [0.5, 0.6) is 0 Å². The summed E-state index contributed by atoms with van der Waals surface area (Å²) in [5.41, 5.74) is 0.453. The van der Waals surface area contributed by atoms with Crippen molar-refractivity contribution in [2.24, 2.45) is 11.3 Å². The Balaban J connectivity index is 2.12. The van der Waals surface area contributed by atoms with Crippen molar-refractivity contribution in [3.05, 3.63) is 0 Å². The van der Waals surface area contributed by atoms with Gasteiger partial charge in [-0.1, -0.05) is 41.0 Å². The van der Waals surface area contributed by atoms with E-state index in [1.807, 2.05) is 0 Å². The van der Waals surface area contributed by atoms with Gasteiger partial charge < -0.3 is 10.1 Å². The van der Waals surface area contributed by atoms with Gasteiger partial charge in [-0.15, -0.1) is 0 Å². The second-order valence-electron chi connectivity index (χ2n) is 7.84. The highest BCUT2D eigenvalue weighted by atomic mass is 16.5. The fourth-order valence-corrected chi connectivity index (χ4v) is 2.65. The fraction of sp³-hybridized carbons (Fsp3) is 1.00. The molecule has 1 aliphatic rings. The van der Waals surface area contributed by atoms with E-state index in [4.69, 9.17) is 4.74 Å².